The average Bonchev–Trinajstić information content (AvgIpc) is 2.32. The third kappa shape index (κ3) is 2.91. The van der Waals surface area contributed by atoms with Crippen LogP contribution in [0.2, 0.25) is 0 Å². The van der Waals surface area contributed by atoms with E-state index >= 15 is 0 Å². The van der Waals surface area contributed by atoms with Crippen molar-refractivity contribution in [2.45, 2.75) is 25.1 Å². The molecule has 1 N–H and O–H groups in total. The van der Waals surface area contributed by atoms with Crippen molar-refractivity contribution in [3.63, 3.8) is 0 Å². The predicted octanol–water partition coefficient (Wildman–Crippen LogP) is 1.76. The lowest BCUT2D eigenvalue weighted by Crippen LogP contribution is -2.43. The van der Waals surface area contributed by atoms with Crippen LogP contribution in [0.15, 0.2) is 18.3 Å². The van der Waals surface area contributed by atoms with Crippen LogP contribution < -0.4 is 10.1 Å². The second kappa shape index (κ2) is 4.83. The summed E-state index contributed by atoms with van der Waals surface area (Å²) in [7, 11) is 0. The standard InChI is InChI=1S/C11H11F3N2O2/c12-11(13,14)7-3-4-9(16-6-7)18-8-2-1-5-15-10(8)17/h3-4,6,8H,1-2,5H2,(H,15,17). The van der Waals surface area contributed by atoms with Gasteiger partial charge in [-0.3, -0.25) is 4.79 Å². The first-order chi connectivity index (χ1) is 8.47. The van der Waals surface area contributed by atoms with Crippen LogP contribution >= 0.6 is 0 Å². The Balaban J connectivity index is 2.04. The minimum absolute atomic E-state index is 0.0186. The summed E-state index contributed by atoms with van der Waals surface area (Å²) >= 11 is 0. The van der Waals surface area contributed by atoms with Crippen molar-refractivity contribution in [2.75, 3.05) is 6.54 Å². The maximum atomic E-state index is 12.3. The van der Waals surface area contributed by atoms with Crippen LogP contribution in [0.5, 0.6) is 5.88 Å². The van der Waals surface area contributed by atoms with Gasteiger partial charge in [0.2, 0.25) is 5.88 Å². The summed E-state index contributed by atoms with van der Waals surface area (Å²) in [6, 6.07) is 1.99. The van der Waals surface area contributed by atoms with E-state index in [1.165, 1.54) is 0 Å². The summed E-state index contributed by atoms with van der Waals surface area (Å²) < 4.78 is 42.1. The van der Waals surface area contributed by atoms with Crippen LogP contribution in [0.4, 0.5) is 13.2 Å². The molecule has 1 atom stereocenters. The van der Waals surface area contributed by atoms with Gasteiger partial charge in [0.1, 0.15) is 0 Å². The largest absolute Gasteiger partial charge is 0.464 e. The molecular formula is C11H11F3N2O2. The Morgan fingerprint density at radius 3 is 2.72 bits per heavy atom. The highest BCUT2D eigenvalue weighted by Gasteiger charge is 2.31. The number of hydrogen-bond acceptors (Lipinski definition) is 3. The van der Waals surface area contributed by atoms with E-state index in [0.29, 0.717) is 19.2 Å². The van der Waals surface area contributed by atoms with E-state index in [4.69, 9.17) is 4.74 Å². The number of halogens is 3. The van der Waals surface area contributed by atoms with E-state index < -0.39 is 17.8 Å². The van der Waals surface area contributed by atoms with Crippen molar-refractivity contribution in [1.82, 2.24) is 10.3 Å². The van der Waals surface area contributed by atoms with Gasteiger partial charge in [0.05, 0.1) is 5.56 Å². The van der Waals surface area contributed by atoms with Crippen molar-refractivity contribution in [2.24, 2.45) is 0 Å². The highest BCUT2D eigenvalue weighted by molar-refractivity contribution is 5.81. The van der Waals surface area contributed by atoms with Gasteiger partial charge in [-0.2, -0.15) is 13.2 Å². The van der Waals surface area contributed by atoms with Gasteiger partial charge in [0, 0.05) is 18.8 Å². The van der Waals surface area contributed by atoms with Gasteiger partial charge in [-0.05, 0) is 18.9 Å². The molecule has 0 aliphatic carbocycles. The van der Waals surface area contributed by atoms with Gasteiger partial charge in [-0.1, -0.05) is 0 Å². The minimum Gasteiger partial charge on any atom is -0.464 e. The maximum Gasteiger partial charge on any atom is 0.417 e. The van der Waals surface area contributed by atoms with E-state index in [9.17, 15) is 18.0 Å². The van der Waals surface area contributed by atoms with Gasteiger partial charge in [0.25, 0.3) is 5.91 Å². The molecule has 1 amide bonds. The predicted molar refractivity (Wildman–Crippen MR) is 55.9 cm³/mol. The molecule has 1 aromatic heterocycles. The summed E-state index contributed by atoms with van der Waals surface area (Å²) in [4.78, 5) is 14.9. The third-order valence-electron chi connectivity index (χ3n) is 2.56. The van der Waals surface area contributed by atoms with E-state index in [2.05, 4.69) is 10.3 Å². The molecular weight excluding hydrogens is 249 g/mol. The Kier molecular flexibility index (Phi) is 3.40. The van der Waals surface area contributed by atoms with Crippen LogP contribution in [0.25, 0.3) is 0 Å². The van der Waals surface area contributed by atoms with Crippen LogP contribution in [-0.4, -0.2) is 23.5 Å². The van der Waals surface area contributed by atoms with E-state index in [1.54, 1.807) is 0 Å². The zero-order valence-electron chi connectivity index (χ0n) is 9.33. The molecule has 0 bridgehead atoms. The Hall–Kier alpha value is -1.79. The fourth-order valence-corrected chi connectivity index (χ4v) is 1.62. The van der Waals surface area contributed by atoms with Gasteiger partial charge < -0.3 is 10.1 Å². The lowest BCUT2D eigenvalue weighted by molar-refractivity contribution is -0.138. The molecule has 1 unspecified atom stereocenters. The Bertz CT molecular complexity index is 431. The summed E-state index contributed by atoms with van der Waals surface area (Å²) in [6.07, 6.45) is -3.10. The normalized spacial score (nSPS) is 20.4. The van der Waals surface area contributed by atoms with E-state index in [-0.39, 0.29) is 11.8 Å². The fourth-order valence-electron chi connectivity index (χ4n) is 1.62. The number of nitrogens with zero attached hydrogens (tertiary/aromatic N) is 1. The molecule has 2 heterocycles. The lowest BCUT2D eigenvalue weighted by Gasteiger charge is -2.22. The zero-order chi connectivity index (χ0) is 13.2. The van der Waals surface area contributed by atoms with Crippen LogP contribution in [-0.2, 0) is 11.0 Å². The number of nitrogens with one attached hydrogen (secondary N) is 1. The van der Waals surface area contributed by atoms with Crippen molar-refractivity contribution in [3.05, 3.63) is 23.9 Å². The van der Waals surface area contributed by atoms with Crippen molar-refractivity contribution in [3.8, 4) is 5.88 Å². The summed E-state index contributed by atoms with van der Waals surface area (Å²) in [5.74, 6) is -0.243. The van der Waals surface area contributed by atoms with E-state index in [1.807, 2.05) is 0 Å². The number of aromatic nitrogens is 1. The number of amides is 1. The van der Waals surface area contributed by atoms with Crippen LogP contribution in [0.1, 0.15) is 18.4 Å². The molecule has 1 aliphatic rings. The average molecular weight is 260 g/mol. The van der Waals surface area contributed by atoms with Gasteiger partial charge in [-0.15, -0.1) is 0 Å². The Morgan fingerprint density at radius 2 is 2.17 bits per heavy atom. The number of carbonyl (C=O) groups excluding carboxylic acids is 1. The second-order valence-corrected chi connectivity index (χ2v) is 3.92. The summed E-state index contributed by atoms with van der Waals surface area (Å²) in [5, 5.41) is 2.62. The molecule has 0 saturated carbocycles. The molecule has 1 fully saturated rings. The molecule has 4 nitrogen and oxygen atoms in total. The highest BCUT2D eigenvalue weighted by atomic mass is 19.4. The lowest BCUT2D eigenvalue weighted by atomic mass is 10.1. The third-order valence-corrected chi connectivity index (χ3v) is 2.56. The second-order valence-electron chi connectivity index (χ2n) is 3.92. The van der Waals surface area contributed by atoms with Crippen molar-refractivity contribution in [1.29, 1.82) is 0 Å². The molecule has 0 radical (unpaired) electrons. The number of rotatable bonds is 2. The summed E-state index contributed by atoms with van der Waals surface area (Å²) in [5.41, 5.74) is -0.844. The first-order valence-electron chi connectivity index (χ1n) is 5.44. The number of ether oxygens (including phenoxy) is 1. The maximum absolute atomic E-state index is 12.3. The Morgan fingerprint density at radius 1 is 1.39 bits per heavy atom. The quantitative estimate of drug-likeness (QED) is 0.881. The molecule has 1 aliphatic heterocycles. The Labute approximate surface area is 101 Å². The number of pyridine rings is 1. The first-order valence-corrected chi connectivity index (χ1v) is 5.44. The summed E-state index contributed by atoms with van der Waals surface area (Å²) in [6.45, 7) is 0.596. The van der Waals surface area contributed by atoms with Gasteiger partial charge in [0.15, 0.2) is 6.10 Å². The molecule has 0 spiro atoms. The SMILES string of the molecule is O=C1NCCCC1Oc1ccc(C(F)(F)F)cn1. The van der Waals surface area contributed by atoms with Gasteiger partial charge >= 0.3 is 6.18 Å². The molecule has 98 valence electrons. The van der Waals surface area contributed by atoms with Crippen LogP contribution in [0.3, 0.4) is 0 Å². The smallest absolute Gasteiger partial charge is 0.417 e. The number of hydrogen-bond donors (Lipinski definition) is 1. The molecule has 18 heavy (non-hydrogen) atoms. The number of carbonyl (C=O) groups is 1. The number of piperidine rings is 1. The van der Waals surface area contributed by atoms with E-state index in [0.717, 1.165) is 18.6 Å². The molecule has 2 rings (SSSR count). The minimum atomic E-state index is -4.42. The van der Waals surface area contributed by atoms with Gasteiger partial charge in [-0.25, -0.2) is 4.98 Å². The van der Waals surface area contributed by atoms with Crippen molar-refractivity contribution >= 4 is 5.91 Å². The molecule has 1 aromatic rings. The molecule has 1 saturated heterocycles. The number of alkyl halides is 3. The zero-order valence-corrected chi connectivity index (χ0v) is 9.33. The molecule has 7 heteroatoms. The molecule has 0 aromatic carbocycles. The first kappa shape index (κ1) is 12.7. The highest BCUT2D eigenvalue weighted by Crippen LogP contribution is 2.29. The fraction of sp³-hybridized carbons (Fsp3) is 0.455. The topological polar surface area (TPSA) is 51.2 Å². The van der Waals surface area contributed by atoms with Crippen molar-refractivity contribution < 1.29 is 22.7 Å². The monoisotopic (exact) mass is 260 g/mol. The van der Waals surface area contributed by atoms with Crippen LogP contribution in [0, 0.1) is 0 Å².